The summed E-state index contributed by atoms with van der Waals surface area (Å²) in [5.41, 5.74) is 1.90. The number of hydrogen-bond acceptors (Lipinski definition) is 3. The number of benzene rings is 1. The molecule has 0 aromatic heterocycles. The van der Waals surface area contributed by atoms with E-state index in [1.807, 2.05) is 12.1 Å². The van der Waals surface area contributed by atoms with Gasteiger partial charge in [0.15, 0.2) is 6.61 Å². The van der Waals surface area contributed by atoms with Crippen LogP contribution in [0.1, 0.15) is 44.1 Å². The van der Waals surface area contributed by atoms with Crippen LogP contribution in [-0.2, 0) is 16.0 Å². The predicted molar refractivity (Wildman–Crippen MR) is 88.5 cm³/mol. The third-order valence-electron chi connectivity index (χ3n) is 4.69. The van der Waals surface area contributed by atoms with Gasteiger partial charge in [0.25, 0.3) is 5.91 Å². The molecule has 1 fully saturated rings. The summed E-state index contributed by atoms with van der Waals surface area (Å²) < 4.78 is 5.56. The zero-order chi connectivity index (χ0) is 16.1. The van der Waals surface area contributed by atoms with Crippen LogP contribution in [0, 0.1) is 5.92 Å². The lowest BCUT2D eigenvalue weighted by Gasteiger charge is -2.17. The molecule has 5 nitrogen and oxygen atoms in total. The van der Waals surface area contributed by atoms with Gasteiger partial charge in [0, 0.05) is 18.7 Å². The van der Waals surface area contributed by atoms with Crippen LogP contribution in [0.5, 0.6) is 5.75 Å². The number of aryl methyl sites for hydroxylation is 1. The molecule has 2 aliphatic rings. The molecule has 1 aliphatic carbocycles. The summed E-state index contributed by atoms with van der Waals surface area (Å²) in [5.74, 6) is 1.43. The van der Waals surface area contributed by atoms with E-state index in [0.29, 0.717) is 18.6 Å². The fourth-order valence-electron chi connectivity index (χ4n) is 3.36. The molecule has 2 N–H and O–H groups in total. The zero-order valence-electron chi connectivity index (χ0n) is 13.4. The molecule has 23 heavy (non-hydrogen) atoms. The molecule has 0 spiro atoms. The zero-order valence-corrected chi connectivity index (χ0v) is 13.4. The SMILES string of the molecule is O=C(COc1ccc2c(c1)CCC(=O)N2)NCCC1CCCC1. The lowest BCUT2D eigenvalue weighted by molar-refractivity contribution is -0.123. The van der Waals surface area contributed by atoms with Crippen LogP contribution in [-0.4, -0.2) is 25.0 Å². The highest BCUT2D eigenvalue weighted by atomic mass is 16.5. The predicted octanol–water partition coefficient (Wildman–Crippen LogP) is 2.65. The molecule has 1 aromatic carbocycles. The van der Waals surface area contributed by atoms with Crippen molar-refractivity contribution in [3.8, 4) is 5.75 Å². The number of amides is 2. The van der Waals surface area contributed by atoms with E-state index in [1.165, 1.54) is 25.7 Å². The van der Waals surface area contributed by atoms with Gasteiger partial charge in [-0.3, -0.25) is 9.59 Å². The number of carbonyl (C=O) groups excluding carboxylic acids is 2. The molecule has 5 heteroatoms. The Balaban J connectivity index is 1.41. The molecule has 0 bridgehead atoms. The highest BCUT2D eigenvalue weighted by molar-refractivity contribution is 5.94. The molecule has 0 unspecified atom stereocenters. The van der Waals surface area contributed by atoms with Crippen LogP contribution in [0.4, 0.5) is 5.69 Å². The van der Waals surface area contributed by atoms with E-state index in [4.69, 9.17) is 4.74 Å². The van der Waals surface area contributed by atoms with Crippen molar-refractivity contribution >= 4 is 17.5 Å². The van der Waals surface area contributed by atoms with Gasteiger partial charge in [-0.1, -0.05) is 25.7 Å². The molecule has 1 aromatic rings. The second kappa shape index (κ2) is 7.49. The van der Waals surface area contributed by atoms with E-state index in [9.17, 15) is 9.59 Å². The second-order valence-electron chi connectivity index (χ2n) is 6.44. The first-order chi connectivity index (χ1) is 11.2. The van der Waals surface area contributed by atoms with Gasteiger partial charge < -0.3 is 15.4 Å². The number of anilines is 1. The summed E-state index contributed by atoms with van der Waals surface area (Å²) in [5, 5.41) is 5.76. The van der Waals surface area contributed by atoms with E-state index >= 15 is 0 Å². The Labute approximate surface area is 136 Å². The minimum absolute atomic E-state index is 0.0375. The van der Waals surface area contributed by atoms with Crippen LogP contribution < -0.4 is 15.4 Å². The van der Waals surface area contributed by atoms with Crippen LogP contribution in [0.2, 0.25) is 0 Å². The summed E-state index contributed by atoms with van der Waals surface area (Å²) in [7, 11) is 0. The maximum Gasteiger partial charge on any atom is 0.257 e. The quantitative estimate of drug-likeness (QED) is 0.848. The van der Waals surface area contributed by atoms with Gasteiger partial charge in [0.2, 0.25) is 5.91 Å². The molecule has 3 rings (SSSR count). The smallest absolute Gasteiger partial charge is 0.257 e. The van der Waals surface area contributed by atoms with Crippen LogP contribution in [0.3, 0.4) is 0 Å². The fourth-order valence-corrected chi connectivity index (χ4v) is 3.36. The standard InChI is InChI=1S/C18H24N2O3/c21-17-8-5-14-11-15(6-7-16(14)20-17)23-12-18(22)19-10-9-13-3-1-2-4-13/h6-7,11,13H,1-5,8-10,12H2,(H,19,22)(H,20,21). The minimum atomic E-state index is -0.0750. The van der Waals surface area contributed by atoms with Crippen LogP contribution in [0.15, 0.2) is 18.2 Å². The number of hydrogen-bond donors (Lipinski definition) is 2. The molecule has 0 atom stereocenters. The van der Waals surface area contributed by atoms with Crippen molar-refractivity contribution in [2.45, 2.75) is 44.9 Å². The van der Waals surface area contributed by atoms with Crippen molar-refractivity contribution in [2.75, 3.05) is 18.5 Å². The van der Waals surface area contributed by atoms with E-state index < -0.39 is 0 Å². The van der Waals surface area contributed by atoms with Gasteiger partial charge in [-0.25, -0.2) is 0 Å². The first kappa shape index (κ1) is 15.8. The number of fused-ring (bicyclic) bond motifs is 1. The molecule has 1 aliphatic heterocycles. The fraction of sp³-hybridized carbons (Fsp3) is 0.556. The average molecular weight is 316 g/mol. The lowest BCUT2D eigenvalue weighted by Crippen LogP contribution is -2.30. The number of carbonyl (C=O) groups is 2. The topological polar surface area (TPSA) is 67.4 Å². The van der Waals surface area contributed by atoms with Crippen molar-refractivity contribution in [2.24, 2.45) is 5.92 Å². The molecular weight excluding hydrogens is 292 g/mol. The summed E-state index contributed by atoms with van der Waals surface area (Å²) >= 11 is 0. The Hall–Kier alpha value is -2.04. The molecule has 0 radical (unpaired) electrons. The van der Waals surface area contributed by atoms with Gasteiger partial charge in [-0.2, -0.15) is 0 Å². The summed E-state index contributed by atoms with van der Waals surface area (Å²) in [6, 6.07) is 5.52. The highest BCUT2D eigenvalue weighted by Gasteiger charge is 2.16. The van der Waals surface area contributed by atoms with Crippen molar-refractivity contribution in [1.82, 2.24) is 5.32 Å². The highest BCUT2D eigenvalue weighted by Crippen LogP contribution is 2.27. The largest absolute Gasteiger partial charge is 0.484 e. The van der Waals surface area contributed by atoms with Gasteiger partial charge in [0.05, 0.1) is 0 Å². The molecule has 1 heterocycles. The monoisotopic (exact) mass is 316 g/mol. The number of rotatable bonds is 6. The minimum Gasteiger partial charge on any atom is -0.484 e. The number of ether oxygens (including phenoxy) is 1. The van der Waals surface area contributed by atoms with E-state index in [-0.39, 0.29) is 18.4 Å². The van der Waals surface area contributed by atoms with Gasteiger partial charge in [-0.15, -0.1) is 0 Å². The third kappa shape index (κ3) is 4.47. The van der Waals surface area contributed by atoms with Gasteiger partial charge in [-0.05, 0) is 42.5 Å². The Bertz CT molecular complexity index is 580. The normalized spacial score (nSPS) is 17.5. The van der Waals surface area contributed by atoms with E-state index in [1.54, 1.807) is 6.07 Å². The maximum atomic E-state index is 11.8. The lowest BCUT2D eigenvalue weighted by atomic mass is 10.0. The second-order valence-corrected chi connectivity index (χ2v) is 6.44. The van der Waals surface area contributed by atoms with Crippen LogP contribution in [0.25, 0.3) is 0 Å². The van der Waals surface area contributed by atoms with Crippen LogP contribution >= 0.6 is 0 Å². The Morgan fingerprint density at radius 2 is 2.09 bits per heavy atom. The molecule has 2 amide bonds. The van der Waals surface area contributed by atoms with E-state index in [0.717, 1.165) is 30.1 Å². The third-order valence-corrected chi connectivity index (χ3v) is 4.69. The summed E-state index contributed by atoms with van der Waals surface area (Å²) in [6.45, 7) is 0.777. The Morgan fingerprint density at radius 3 is 2.91 bits per heavy atom. The molecule has 124 valence electrons. The maximum absolute atomic E-state index is 11.8. The van der Waals surface area contributed by atoms with Crippen molar-refractivity contribution in [3.05, 3.63) is 23.8 Å². The van der Waals surface area contributed by atoms with Gasteiger partial charge >= 0.3 is 0 Å². The molecule has 0 saturated heterocycles. The summed E-state index contributed by atoms with van der Waals surface area (Å²) in [6.07, 6.45) is 7.56. The Kier molecular flexibility index (Phi) is 5.16. The summed E-state index contributed by atoms with van der Waals surface area (Å²) in [4.78, 5) is 23.2. The van der Waals surface area contributed by atoms with Gasteiger partial charge in [0.1, 0.15) is 5.75 Å². The first-order valence-electron chi connectivity index (χ1n) is 8.53. The molecular formula is C18H24N2O3. The van der Waals surface area contributed by atoms with E-state index in [2.05, 4.69) is 10.6 Å². The molecule has 1 saturated carbocycles. The van der Waals surface area contributed by atoms with Crippen molar-refractivity contribution < 1.29 is 14.3 Å². The Morgan fingerprint density at radius 1 is 1.26 bits per heavy atom. The van der Waals surface area contributed by atoms with Crippen molar-refractivity contribution in [1.29, 1.82) is 0 Å². The first-order valence-corrected chi connectivity index (χ1v) is 8.53. The number of nitrogens with one attached hydrogen (secondary N) is 2. The van der Waals surface area contributed by atoms with Crippen molar-refractivity contribution in [3.63, 3.8) is 0 Å². The average Bonchev–Trinajstić information content (AvgIpc) is 3.06.